The molecular weight excluding hydrogens is 447 g/mol. The number of benzene rings is 2. The van der Waals surface area contributed by atoms with Gasteiger partial charge in [-0.25, -0.2) is 19.3 Å². The van der Waals surface area contributed by atoms with Crippen molar-refractivity contribution in [3.05, 3.63) is 96.5 Å². The predicted molar refractivity (Wildman–Crippen MR) is 128 cm³/mol. The van der Waals surface area contributed by atoms with Crippen molar-refractivity contribution in [1.29, 1.82) is 0 Å². The van der Waals surface area contributed by atoms with Crippen molar-refractivity contribution in [3.8, 4) is 11.6 Å². The number of nitrogens with one attached hydrogen (secondary N) is 1. The SMILES string of the molecule is O=C(c1cccc(Nc2ncccn2)c1)N1CCC[C@@H](c2nccnc2Oc2ccccc2F)C1. The summed E-state index contributed by atoms with van der Waals surface area (Å²) >= 11 is 0. The first-order chi connectivity index (χ1) is 17.2. The zero-order valence-electron chi connectivity index (χ0n) is 18.8. The highest BCUT2D eigenvalue weighted by Gasteiger charge is 2.29. The van der Waals surface area contributed by atoms with Gasteiger partial charge in [0, 0.05) is 55.0 Å². The van der Waals surface area contributed by atoms with Crippen molar-refractivity contribution >= 4 is 17.5 Å². The second kappa shape index (κ2) is 10.3. The van der Waals surface area contributed by atoms with E-state index in [9.17, 15) is 9.18 Å². The average molecular weight is 471 g/mol. The lowest BCUT2D eigenvalue weighted by atomic mass is 9.94. The highest BCUT2D eigenvalue weighted by Crippen LogP contribution is 2.33. The van der Waals surface area contributed by atoms with Crippen molar-refractivity contribution in [3.63, 3.8) is 0 Å². The minimum absolute atomic E-state index is 0.0761. The summed E-state index contributed by atoms with van der Waals surface area (Å²) in [6.07, 6.45) is 8.03. The van der Waals surface area contributed by atoms with E-state index in [2.05, 4.69) is 25.3 Å². The molecule has 3 heterocycles. The van der Waals surface area contributed by atoms with Gasteiger partial charge in [0.15, 0.2) is 11.6 Å². The van der Waals surface area contributed by atoms with Crippen molar-refractivity contribution < 1.29 is 13.9 Å². The number of para-hydroxylation sites is 1. The number of carbonyl (C=O) groups is 1. The third-order valence-corrected chi connectivity index (χ3v) is 5.76. The van der Waals surface area contributed by atoms with Crippen LogP contribution in [0.15, 0.2) is 79.4 Å². The number of anilines is 2. The molecule has 8 nitrogen and oxygen atoms in total. The lowest BCUT2D eigenvalue weighted by Crippen LogP contribution is -2.39. The number of hydrogen-bond acceptors (Lipinski definition) is 7. The quantitative estimate of drug-likeness (QED) is 0.426. The zero-order chi connectivity index (χ0) is 24.0. The number of ether oxygens (including phenoxy) is 1. The van der Waals surface area contributed by atoms with Crippen LogP contribution in [-0.2, 0) is 0 Å². The maximum Gasteiger partial charge on any atom is 0.253 e. The first-order valence-electron chi connectivity index (χ1n) is 11.3. The van der Waals surface area contributed by atoms with E-state index < -0.39 is 5.82 Å². The van der Waals surface area contributed by atoms with E-state index in [1.165, 1.54) is 12.3 Å². The van der Waals surface area contributed by atoms with Crippen LogP contribution < -0.4 is 10.1 Å². The number of carbonyl (C=O) groups excluding carboxylic acids is 1. The largest absolute Gasteiger partial charge is 0.434 e. The van der Waals surface area contributed by atoms with Gasteiger partial charge < -0.3 is 15.0 Å². The molecule has 1 atom stereocenters. The number of halogens is 1. The lowest BCUT2D eigenvalue weighted by Gasteiger charge is -2.33. The molecule has 1 saturated heterocycles. The van der Waals surface area contributed by atoms with Crippen molar-refractivity contribution in [1.82, 2.24) is 24.8 Å². The minimum Gasteiger partial charge on any atom is -0.434 e. The molecule has 9 heteroatoms. The molecule has 35 heavy (non-hydrogen) atoms. The van der Waals surface area contributed by atoms with Gasteiger partial charge in [0.05, 0.1) is 0 Å². The molecule has 4 aromatic rings. The Labute approximate surface area is 201 Å². The first kappa shape index (κ1) is 22.4. The van der Waals surface area contributed by atoms with Crippen LogP contribution in [0.4, 0.5) is 16.0 Å². The number of hydrogen-bond donors (Lipinski definition) is 1. The van der Waals surface area contributed by atoms with E-state index in [-0.39, 0.29) is 23.5 Å². The zero-order valence-corrected chi connectivity index (χ0v) is 18.8. The number of amides is 1. The summed E-state index contributed by atoms with van der Waals surface area (Å²) in [7, 11) is 0. The minimum atomic E-state index is -0.473. The summed E-state index contributed by atoms with van der Waals surface area (Å²) in [6, 6.07) is 15.2. The first-order valence-corrected chi connectivity index (χ1v) is 11.3. The summed E-state index contributed by atoms with van der Waals surface area (Å²) < 4.78 is 19.9. The fraction of sp³-hybridized carbons (Fsp3) is 0.192. The highest BCUT2D eigenvalue weighted by molar-refractivity contribution is 5.95. The van der Waals surface area contributed by atoms with E-state index in [1.807, 2.05) is 17.0 Å². The van der Waals surface area contributed by atoms with Gasteiger partial charge >= 0.3 is 0 Å². The Morgan fingerprint density at radius 2 is 1.80 bits per heavy atom. The Kier molecular flexibility index (Phi) is 6.56. The average Bonchev–Trinajstić information content (AvgIpc) is 2.91. The number of rotatable bonds is 6. The van der Waals surface area contributed by atoms with E-state index in [1.54, 1.807) is 55.0 Å². The molecule has 0 saturated carbocycles. The normalized spacial score (nSPS) is 15.5. The molecule has 2 aromatic carbocycles. The molecule has 0 bridgehead atoms. The van der Waals surface area contributed by atoms with Crippen molar-refractivity contribution in [2.24, 2.45) is 0 Å². The number of aromatic nitrogens is 4. The molecule has 1 amide bonds. The Bertz CT molecular complexity index is 1320. The molecule has 0 radical (unpaired) electrons. The fourth-order valence-electron chi connectivity index (χ4n) is 4.12. The maximum absolute atomic E-state index is 14.1. The van der Waals surface area contributed by atoms with Crippen molar-refractivity contribution in [2.45, 2.75) is 18.8 Å². The molecule has 1 N–H and O–H groups in total. The van der Waals surface area contributed by atoms with Crippen LogP contribution in [0.2, 0.25) is 0 Å². The monoisotopic (exact) mass is 470 g/mol. The van der Waals surface area contributed by atoms with E-state index in [4.69, 9.17) is 4.74 Å². The summed E-state index contributed by atoms with van der Waals surface area (Å²) in [5.41, 5.74) is 1.91. The smallest absolute Gasteiger partial charge is 0.253 e. The lowest BCUT2D eigenvalue weighted by molar-refractivity contribution is 0.0705. The van der Waals surface area contributed by atoms with Crippen LogP contribution >= 0.6 is 0 Å². The highest BCUT2D eigenvalue weighted by atomic mass is 19.1. The molecular formula is C26H23FN6O2. The Hall–Kier alpha value is -4.40. The van der Waals surface area contributed by atoms with Crippen LogP contribution in [0.5, 0.6) is 11.6 Å². The summed E-state index contributed by atoms with van der Waals surface area (Å²) in [5.74, 6) is 0.171. The predicted octanol–water partition coefficient (Wildman–Crippen LogP) is 4.96. The van der Waals surface area contributed by atoms with Gasteiger partial charge in [-0.1, -0.05) is 18.2 Å². The summed E-state index contributed by atoms with van der Waals surface area (Å²) in [6.45, 7) is 1.10. The standard InChI is InChI=1S/C26H23FN6O2/c27-21-9-1-2-10-22(21)35-24-23(28-13-14-29-24)19-7-4-15-33(17-19)25(34)18-6-3-8-20(16-18)32-26-30-11-5-12-31-26/h1-3,5-6,8-14,16,19H,4,7,15,17H2,(H,30,31,32)/t19-/m1/s1. The molecule has 0 unspecified atom stereocenters. The molecule has 5 rings (SSSR count). The van der Waals surface area contributed by atoms with Gasteiger partial charge in [-0.05, 0) is 49.2 Å². The van der Waals surface area contributed by atoms with Gasteiger partial charge in [0.25, 0.3) is 5.91 Å². The van der Waals surface area contributed by atoms with Crippen LogP contribution in [-0.4, -0.2) is 43.8 Å². The molecule has 176 valence electrons. The van der Waals surface area contributed by atoms with Gasteiger partial charge in [0.2, 0.25) is 11.8 Å². The molecule has 0 spiro atoms. The Morgan fingerprint density at radius 1 is 0.971 bits per heavy atom. The molecule has 2 aromatic heterocycles. The molecule has 1 fully saturated rings. The molecule has 0 aliphatic carbocycles. The van der Waals surface area contributed by atoms with Crippen LogP contribution in [0, 0.1) is 5.82 Å². The summed E-state index contributed by atoms with van der Waals surface area (Å²) in [4.78, 5) is 32.3. The number of nitrogens with zero attached hydrogens (tertiary/aromatic N) is 5. The van der Waals surface area contributed by atoms with Crippen LogP contribution in [0.1, 0.15) is 34.8 Å². The van der Waals surface area contributed by atoms with E-state index in [0.29, 0.717) is 30.3 Å². The number of likely N-dealkylation sites (tertiary alicyclic amines) is 1. The molecule has 1 aliphatic rings. The third kappa shape index (κ3) is 5.24. The summed E-state index contributed by atoms with van der Waals surface area (Å²) in [5, 5.41) is 3.11. The molecule has 1 aliphatic heterocycles. The Balaban J connectivity index is 1.32. The van der Waals surface area contributed by atoms with Gasteiger partial charge in [-0.2, -0.15) is 0 Å². The topological polar surface area (TPSA) is 93.1 Å². The fourth-order valence-corrected chi connectivity index (χ4v) is 4.12. The van der Waals surface area contributed by atoms with Gasteiger partial charge in [0.1, 0.15) is 5.69 Å². The van der Waals surface area contributed by atoms with Gasteiger partial charge in [-0.15, -0.1) is 0 Å². The van der Waals surface area contributed by atoms with Crippen LogP contribution in [0.25, 0.3) is 0 Å². The van der Waals surface area contributed by atoms with Crippen molar-refractivity contribution in [2.75, 3.05) is 18.4 Å². The second-order valence-corrected chi connectivity index (χ2v) is 8.15. The van der Waals surface area contributed by atoms with Crippen LogP contribution in [0.3, 0.4) is 0 Å². The van der Waals surface area contributed by atoms with E-state index >= 15 is 0 Å². The van der Waals surface area contributed by atoms with E-state index in [0.717, 1.165) is 18.5 Å². The third-order valence-electron chi connectivity index (χ3n) is 5.76. The maximum atomic E-state index is 14.1. The van der Waals surface area contributed by atoms with Gasteiger partial charge in [-0.3, -0.25) is 9.78 Å². The Morgan fingerprint density at radius 3 is 2.66 bits per heavy atom. The second-order valence-electron chi connectivity index (χ2n) is 8.15. The number of piperidine rings is 1.